The maximum absolute atomic E-state index is 12.9. The minimum atomic E-state index is -3.72. The van der Waals surface area contributed by atoms with Gasteiger partial charge < -0.3 is 29.5 Å². The van der Waals surface area contributed by atoms with E-state index in [0.29, 0.717) is 55.7 Å². The molecule has 1 fully saturated rings. The van der Waals surface area contributed by atoms with E-state index in [0.717, 1.165) is 37.9 Å². The number of fused-ring (bicyclic) bond motifs is 1. The van der Waals surface area contributed by atoms with Gasteiger partial charge in [0.05, 0.1) is 36.4 Å². The number of hydrogen-bond donors (Lipinski definition) is 3. The van der Waals surface area contributed by atoms with E-state index in [1.807, 2.05) is 13.0 Å². The second-order valence-electron chi connectivity index (χ2n) is 9.48. The standard InChI is InChI=1S/C26H35N3O7S/c1-18-4-9-22(25-24(18)35-14-3-15-36-25)26(31)28-16-19-10-12-29(17-23(19)30)11-2-13-34-20-5-7-21(8-6-20)37(27,32)33/h4-9,19,23,30H,2-3,10-17H2,1H3,(H,28,31)(H2,27,32,33)/t19-,23+/m0/s1. The third-order valence-electron chi connectivity index (χ3n) is 6.71. The molecule has 2 aromatic rings. The predicted octanol–water partition coefficient (Wildman–Crippen LogP) is 1.69. The largest absolute Gasteiger partial charge is 0.494 e. The molecule has 10 nitrogen and oxygen atoms in total. The summed E-state index contributed by atoms with van der Waals surface area (Å²) in [4.78, 5) is 15.2. The van der Waals surface area contributed by atoms with Gasteiger partial charge >= 0.3 is 0 Å². The van der Waals surface area contributed by atoms with E-state index in [9.17, 15) is 18.3 Å². The third-order valence-corrected chi connectivity index (χ3v) is 7.63. The summed E-state index contributed by atoms with van der Waals surface area (Å²) in [6, 6.07) is 9.61. The maximum atomic E-state index is 12.9. The molecule has 11 heteroatoms. The van der Waals surface area contributed by atoms with Crippen molar-refractivity contribution in [3.8, 4) is 17.2 Å². The van der Waals surface area contributed by atoms with Crippen LogP contribution in [0.2, 0.25) is 0 Å². The Balaban J connectivity index is 1.19. The van der Waals surface area contributed by atoms with Gasteiger partial charge in [0.15, 0.2) is 11.5 Å². The van der Waals surface area contributed by atoms with Crippen LogP contribution in [0.3, 0.4) is 0 Å². The molecular weight excluding hydrogens is 498 g/mol. The Labute approximate surface area is 217 Å². The van der Waals surface area contributed by atoms with Gasteiger partial charge in [-0.3, -0.25) is 4.79 Å². The highest BCUT2D eigenvalue weighted by molar-refractivity contribution is 7.89. The van der Waals surface area contributed by atoms with Crippen LogP contribution in [0.25, 0.3) is 0 Å². The van der Waals surface area contributed by atoms with Crippen LogP contribution in [0.4, 0.5) is 0 Å². The fourth-order valence-corrected chi connectivity index (χ4v) is 5.10. The van der Waals surface area contributed by atoms with Crippen molar-refractivity contribution >= 4 is 15.9 Å². The number of β-amino-alcohol motifs (C(OH)–C–C–N with tert-alkyl or cyclic N) is 1. The van der Waals surface area contributed by atoms with Crippen molar-refractivity contribution in [2.45, 2.75) is 37.2 Å². The molecule has 0 unspecified atom stereocenters. The van der Waals surface area contributed by atoms with E-state index >= 15 is 0 Å². The average Bonchev–Trinajstić information content (AvgIpc) is 3.13. The third kappa shape index (κ3) is 7.13. The van der Waals surface area contributed by atoms with E-state index in [2.05, 4.69) is 10.2 Å². The summed E-state index contributed by atoms with van der Waals surface area (Å²) in [6.07, 6.45) is 1.74. The maximum Gasteiger partial charge on any atom is 0.255 e. The van der Waals surface area contributed by atoms with Gasteiger partial charge in [0.25, 0.3) is 5.91 Å². The van der Waals surface area contributed by atoms with Crippen LogP contribution < -0.4 is 24.7 Å². The first-order chi connectivity index (χ1) is 17.7. The summed E-state index contributed by atoms with van der Waals surface area (Å²) >= 11 is 0. The highest BCUT2D eigenvalue weighted by atomic mass is 32.2. The highest BCUT2D eigenvalue weighted by Gasteiger charge is 2.29. The Hall–Kier alpha value is -2.86. The normalized spacial score (nSPS) is 20.2. The first kappa shape index (κ1) is 27.2. The smallest absolute Gasteiger partial charge is 0.255 e. The lowest BCUT2D eigenvalue weighted by molar-refractivity contribution is 0.0205. The number of amides is 1. The zero-order valence-corrected chi connectivity index (χ0v) is 21.8. The quantitative estimate of drug-likeness (QED) is 0.414. The molecule has 37 heavy (non-hydrogen) atoms. The number of primary sulfonamides is 1. The Morgan fingerprint density at radius 3 is 2.59 bits per heavy atom. The van der Waals surface area contributed by atoms with Crippen LogP contribution in [0.1, 0.15) is 35.2 Å². The van der Waals surface area contributed by atoms with Crippen LogP contribution in [0.5, 0.6) is 17.2 Å². The van der Waals surface area contributed by atoms with Gasteiger partial charge in [-0.1, -0.05) is 6.07 Å². The SMILES string of the molecule is Cc1ccc(C(=O)NC[C@@H]2CCN(CCCOc3ccc(S(N)(=O)=O)cc3)C[C@H]2O)c2c1OCCCO2. The molecular formula is C26H35N3O7S. The van der Waals surface area contributed by atoms with Crippen molar-refractivity contribution in [2.75, 3.05) is 46.0 Å². The Bertz CT molecular complexity index is 1190. The van der Waals surface area contributed by atoms with Crippen molar-refractivity contribution in [3.63, 3.8) is 0 Å². The molecule has 0 aromatic heterocycles. The summed E-state index contributed by atoms with van der Waals surface area (Å²) in [5.41, 5.74) is 1.38. The van der Waals surface area contributed by atoms with Crippen LogP contribution >= 0.6 is 0 Å². The number of aliphatic hydroxyl groups is 1. The summed E-state index contributed by atoms with van der Waals surface area (Å²) in [5.74, 6) is 1.43. The number of ether oxygens (including phenoxy) is 3. The molecule has 0 radical (unpaired) electrons. The number of rotatable bonds is 9. The second-order valence-corrected chi connectivity index (χ2v) is 11.0. The summed E-state index contributed by atoms with van der Waals surface area (Å²) in [5, 5.41) is 18.8. The van der Waals surface area contributed by atoms with Gasteiger partial charge in [0, 0.05) is 32.0 Å². The number of carbonyl (C=O) groups excluding carboxylic acids is 1. The van der Waals surface area contributed by atoms with Gasteiger partial charge in [0.2, 0.25) is 10.0 Å². The van der Waals surface area contributed by atoms with Crippen LogP contribution in [-0.2, 0) is 10.0 Å². The minimum absolute atomic E-state index is 0.0324. The molecule has 1 amide bonds. The number of aryl methyl sites for hydroxylation is 1. The molecule has 202 valence electrons. The molecule has 0 aliphatic carbocycles. The van der Waals surface area contributed by atoms with Gasteiger partial charge in [-0.2, -0.15) is 0 Å². The number of nitrogens with zero attached hydrogens (tertiary/aromatic N) is 1. The summed E-state index contributed by atoms with van der Waals surface area (Å²) in [7, 11) is -3.72. The number of carbonyl (C=O) groups is 1. The van der Waals surface area contributed by atoms with Gasteiger partial charge in [-0.25, -0.2) is 13.6 Å². The molecule has 4 rings (SSSR count). The zero-order valence-electron chi connectivity index (χ0n) is 21.0. The number of likely N-dealkylation sites (tertiary alicyclic amines) is 1. The molecule has 2 atom stereocenters. The van der Waals surface area contributed by atoms with E-state index in [-0.39, 0.29) is 16.7 Å². The molecule has 0 spiro atoms. The van der Waals surface area contributed by atoms with Crippen LogP contribution in [0, 0.1) is 12.8 Å². The molecule has 2 aromatic carbocycles. The van der Waals surface area contributed by atoms with E-state index in [1.165, 1.54) is 12.1 Å². The van der Waals surface area contributed by atoms with Gasteiger partial charge in [-0.15, -0.1) is 0 Å². The van der Waals surface area contributed by atoms with E-state index in [4.69, 9.17) is 19.3 Å². The molecule has 4 N–H and O–H groups in total. The van der Waals surface area contributed by atoms with Gasteiger partial charge in [-0.05, 0) is 62.2 Å². The number of piperidine rings is 1. The molecule has 1 saturated heterocycles. The second kappa shape index (κ2) is 12.1. The van der Waals surface area contributed by atoms with Crippen molar-refractivity contribution in [1.82, 2.24) is 10.2 Å². The van der Waals surface area contributed by atoms with Gasteiger partial charge in [0.1, 0.15) is 5.75 Å². The Morgan fingerprint density at radius 2 is 1.89 bits per heavy atom. The predicted molar refractivity (Wildman–Crippen MR) is 138 cm³/mol. The lowest BCUT2D eigenvalue weighted by Gasteiger charge is -2.36. The monoisotopic (exact) mass is 533 g/mol. The van der Waals surface area contributed by atoms with E-state index in [1.54, 1.807) is 18.2 Å². The first-order valence-corrected chi connectivity index (χ1v) is 14.1. The number of sulfonamides is 1. The van der Waals surface area contributed by atoms with Crippen molar-refractivity contribution in [3.05, 3.63) is 47.5 Å². The van der Waals surface area contributed by atoms with Crippen molar-refractivity contribution in [2.24, 2.45) is 11.1 Å². The fraction of sp³-hybridized carbons (Fsp3) is 0.500. The molecule has 2 aliphatic rings. The number of aliphatic hydroxyl groups excluding tert-OH is 1. The number of nitrogens with one attached hydrogen (secondary N) is 1. The summed E-state index contributed by atoms with van der Waals surface area (Å²) in [6.45, 7) is 5.95. The van der Waals surface area contributed by atoms with E-state index < -0.39 is 16.1 Å². The molecule has 2 heterocycles. The topological polar surface area (TPSA) is 140 Å². The lowest BCUT2D eigenvalue weighted by Crippen LogP contribution is -2.48. The van der Waals surface area contributed by atoms with Crippen LogP contribution in [-0.4, -0.2) is 76.4 Å². The Kier molecular flexibility index (Phi) is 8.91. The minimum Gasteiger partial charge on any atom is -0.494 e. The average molecular weight is 534 g/mol. The van der Waals surface area contributed by atoms with Crippen molar-refractivity contribution < 1.29 is 32.5 Å². The fourth-order valence-electron chi connectivity index (χ4n) is 4.58. The Morgan fingerprint density at radius 1 is 1.16 bits per heavy atom. The lowest BCUT2D eigenvalue weighted by atomic mass is 9.93. The zero-order chi connectivity index (χ0) is 26.4. The number of nitrogens with two attached hydrogens (primary N) is 1. The first-order valence-electron chi connectivity index (χ1n) is 12.6. The molecule has 0 saturated carbocycles. The summed E-state index contributed by atoms with van der Waals surface area (Å²) < 4.78 is 39.9. The van der Waals surface area contributed by atoms with Crippen LogP contribution in [0.15, 0.2) is 41.3 Å². The molecule has 2 aliphatic heterocycles. The number of benzene rings is 2. The van der Waals surface area contributed by atoms with Crippen molar-refractivity contribution in [1.29, 1.82) is 0 Å². The number of hydrogen-bond acceptors (Lipinski definition) is 8. The highest BCUT2D eigenvalue weighted by Crippen LogP contribution is 2.36. The molecule has 0 bridgehead atoms.